The van der Waals surface area contributed by atoms with Crippen molar-refractivity contribution < 1.29 is 9.18 Å². The van der Waals surface area contributed by atoms with Crippen molar-refractivity contribution in [1.82, 2.24) is 4.90 Å². The third-order valence-electron chi connectivity index (χ3n) is 3.87. The van der Waals surface area contributed by atoms with Crippen molar-refractivity contribution in [2.75, 3.05) is 19.6 Å². The van der Waals surface area contributed by atoms with Crippen molar-refractivity contribution in [3.63, 3.8) is 0 Å². The highest BCUT2D eigenvalue weighted by atomic mass is 19.1. The van der Waals surface area contributed by atoms with Gasteiger partial charge in [0.15, 0.2) is 5.78 Å². The summed E-state index contributed by atoms with van der Waals surface area (Å²) in [4.78, 5) is 14.2. The fourth-order valence-electron chi connectivity index (χ4n) is 2.50. The molecule has 0 spiro atoms. The van der Waals surface area contributed by atoms with Crippen molar-refractivity contribution in [2.45, 2.75) is 20.3 Å². The molecule has 0 aromatic heterocycles. The summed E-state index contributed by atoms with van der Waals surface area (Å²) in [7, 11) is 0. The second-order valence-corrected chi connectivity index (χ2v) is 5.40. The van der Waals surface area contributed by atoms with Gasteiger partial charge in [0.2, 0.25) is 0 Å². The maximum absolute atomic E-state index is 13.0. The number of hydrogen-bond donors (Lipinski definition) is 0. The average molecular weight is 249 g/mol. The molecule has 1 aromatic carbocycles. The first-order chi connectivity index (χ1) is 8.56. The highest BCUT2D eigenvalue weighted by Crippen LogP contribution is 2.22. The van der Waals surface area contributed by atoms with E-state index in [4.69, 9.17) is 0 Å². The van der Waals surface area contributed by atoms with E-state index in [0.29, 0.717) is 23.8 Å². The molecular formula is C15H20FNO. The third-order valence-corrected chi connectivity index (χ3v) is 3.87. The molecule has 1 aliphatic rings. The van der Waals surface area contributed by atoms with Gasteiger partial charge < -0.3 is 4.90 Å². The lowest BCUT2D eigenvalue weighted by Gasteiger charge is -2.14. The van der Waals surface area contributed by atoms with E-state index in [2.05, 4.69) is 18.7 Å². The van der Waals surface area contributed by atoms with Crippen LogP contribution in [0, 0.1) is 17.7 Å². The van der Waals surface area contributed by atoms with Crippen molar-refractivity contribution in [3.05, 3.63) is 35.6 Å². The van der Waals surface area contributed by atoms with E-state index in [-0.39, 0.29) is 11.6 Å². The molecule has 2 atom stereocenters. The van der Waals surface area contributed by atoms with Gasteiger partial charge in [0, 0.05) is 31.6 Å². The summed E-state index contributed by atoms with van der Waals surface area (Å²) in [6, 6.07) is 5.95. The monoisotopic (exact) mass is 249 g/mol. The molecule has 1 fully saturated rings. The predicted molar refractivity (Wildman–Crippen MR) is 70.1 cm³/mol. The smallest absolute Gasteiger partial charge is 0.164 e. The molecule has 1 saturated heterocycles. The number of halogens is 1. The molecule has 2 rings (SSSR count). The molecule has 0 bridgehead atoms. The number of likely N-dealkylation sites (tertiary alicyclic amines) is 1. The molecule has 3 heteroatoms. The van der Waals surface area contributed by atoms with Gasteiger partial charge in [-0.2, -0.15) is 0 Å². The highest BCUT2D eigenvalue weighted by Gasteiger charge is 2.25. The molecule has 0 amide bonds. The second kappa shape index (κ2) is 5.61. The summed E-state index contributed by atoms with van der Waals surface area (Å²) >= 11 is 0. The molecule has 1 aromatic rings. The Balaban J connectivity index is 1.86. The summed E-state index contributed by atoms with van der Waals surface area (Å²) in [5.41, 5.74) is 0.482. The molecule has 2 nitrogen and oxygen atoms in total. The van der Waals surface area contributed by atoms with E-state index < -0.39 is 0 Å². The zero-order valence-corrected chi connectivity index (χ0v) is 11.0. The Labute approximate surface area is 108 Å². The van der Waals surface area contributed by atoms with Crippen LogP contribution < -0.4 is 0 Å². The van der Waals surface area contributed by atoms with Crippen LogP contribution in [0.15, 0.2) is 24.3 Å². The third kappa shape index (κ3) is 3.16. The topological polar surface area (TPSA) is 20.3 Å². The minimum atomic E-state index is -0.343. The summed E-state index contributed by atoms with van der Waals surface area (Å²) < 4.78 is 13.0. The summed E-state index contributed by atoms with van der Waals surface area (Å²) in [5, 5.41) is 0. The molecular weight excluding hydrogens is 229 g/mol. The number of carbonyl (C=O) groups is 1. The van der Waals surface area contributed by atoms with Crippen molar-refractivity contribution >= 4 is 5.78 Å². The minimum Gasteiger partial charge on any atom is -0.302 e. The Morgan fingerprint density at radius 1 is 1.33 bits per heavy atom. The lowest BCUT2D eigenvalue weighted by molar-refractivity contribution is 0.0967. The van der Waals surface area contributed by atoms with Crippen molar-refractivity contribution in [3.8, 4) is 0 Å². The van der Waals surface area contributed by atoms with Gasteiger partial charge in [-0.15, -0.1) is 0 Å². The van der Waals surface area contributed by atoms with Gasteiger partial charge in [-0.3, -0.25) is 4.79 Å². The van der Waals surface area contributed by atoms with Crippen LogP contribution in [-0.2, 0) is 0 Å². The Hall–Kier alpha value is -1.22. The van der Waals surface area contributed by atoms with Crippen LogP contribution in [0.5, 0.6) is 0 Å². The van der Waals surface area contributed by atoms with Crippen LogP contribution in [0.1, 0.15) is 30.6 Å². The molecule has 1 heterocycles. The van der Waals surface area contributed by atoms with E-state index in [1.807, 2.05) is 0 Å². The Morgan fingerprint density at radius 3 is 2.61 bits per heavy atom. The molecule has 0 radical (unpaired) electrons. The van der Waals surface area contributed by atoms with Gasteiger partial charge in [-0.05, 0) is 24.0 Å². The molecule has 0 N–H and O–H groups in total. The van der Waals surface area contributed by atoms with E-state index in [1.54, 1.807) is 12.1 Å². The van der Waals surface area contributed by atoms with Crippen molar-refractivity contribution in [1.29, 1.82) is 0 Å². The Bertz CT molecular complexity index is 422. The summed E-state index contributed by atoms with van der Waals surface area (Å²) in [5.74, 6) is 1.09. The number of Topliss-reactive ketones (excluding diaryl/α,β-unsaturated/α-hetero) is 1. The van der Waals surface area contributed by atoms with Crippen LogP contribution in [0.3, 0.4) is 0 Å². The highest BCUT2D eigenvalue weighted by molar-refractivity contribution is 5.96. The zero-order valence-electron chi connectivity index (χ0n) is 11.0. The van der Waals surface area contributed by atoms with Crippen LogP contribution in [0.25, 0.3) is 0 Å². The normalized spacial score (nSPS) is 24.4. The number of ketones is 1. The number of carbonyl (C=O) groups excluding carboxylic acids is 1. The quantitative estimate of drug-likeness (QED) is 0.765. The minimum absolute atomic E-state index is 0.0294. The first-order valence-corrected chi connectivity index (χ1v) is 6.57. The van der Waals surface area contributed by atoms with Gasteiger partial charge in [0.25, 0.3) is 0 Å². The molecule has 1 aliphatic heterocycles. The maximum atomic E-state index is 13.0. The lowest BCUT2D eigenvalue weighted by Crippen LogP contribution is -2.24. The fourth-order valence-corrected chi connectivity index (χ4v) is 2.50. The number of rotatable bonds is 4. The molecule has 0 aliphatic carbocycles. The number of benzene rings is 1. The van der Waals surface area contributed by atoms with Gasteiger partial charge >= 0.3 is 0 Å². The molecule has 2 unspecified atom stereocenters. The van der Waals surface area contributed by atoms with E-state index in [9.17, 15) is 9.18 Å². The average Bonchev–Trinajstić information content (AvgIpc) is 2.66. The van der Waals surface area contributed by atoms with Crippen LogP contribution in [0.4, 0.5) is 4.39 Å². The summed E-state index contributed by atoms with van der Waals surface area (Å²) in [6.45, 7) is 7.41. The Kier molecular flexibility index (Phi) is 4.12. The maximum Gasteiger partial charge on any atom is 0.164 e. The van der Waals surface area contributed by atoms with E-state index in [1.165, 1.54) is 12.1 Å². The van der Waals surface area contributed by atoms with Crippen LogP contribution in [0.2, 0.25) is 0 Å². The molecule has 98 valence electrons. The first-order valence-electron chi connectivity index (χ1n) is 6.57. The number of nitrogens with zero attached hydrogens (tertiary/aromatic N) is 1. The lowest BCUT2D eigenvalue weighted by atomic mass is 10.0. The van der Waals surface area contributed by atoms with Gasteiger partial charge in [0.1, 0.15) is 5.82 Å². The molecule has 18 heavy (non-hydrogen) atoms. The largest absolute Gasteiger partial charge is 0.302 e. The van der Waals surface area contributed by atoms with Gasteiger partial charge in [-0.1, -0.05) is 26.0 Å². The fraction of sp³-hybridized carbons (Fsp3) is 0.533. The van der Waals surface area contributed by atoms with Crippen LogP contribution >= 0.6 is 0 Å². The standard InChI is InChI=1S/C15H20FNO/c1-11-9-17(10-12(11)2)7-6-15(18)13-4-3-5-14(16)8-13/h3-5,8,11-12H,6-7,9-10H2,1-2H3. The van der Waals surface area contributed by atoms with E-state index in [0.717, 1.165) is 19.6 Å². The van der Waals surface area contributed by atoms with E-state index >= 15 is 0 Å². The first kappa shape index (κ1) is 13.2. The summed E-state index contributed by atoms with van der Waals surface area (Å²) in [6.07, 6.45) is 0.475. The Morgan fingerprint density at radius 2 is 2.00 bits per heavy atom. The SMILES string of the molecule is CC1CN(CCC(=O)c2cccc(F)c2)CC1C. The van der Waals surface area contributed by atoms with Crippen LogP contribution in [-0.4, -0.2) is 30.3 Å². The second-order valence-electron chi connectivity index (χ2n) is 5.40. The van der Waals surface area contributed by atoms with Crippen molar-refractivity contribution in [2.24, 2.45) is 11.8 Å². The van der Waals surface area contributed by atoms with Gasteiger partial charge in [-0.25, -0.2) is 4.39 Å². The molecule has 0 saturated carbocycles. The number of hydrogen-bond acceptors (Lipinski definition) is 2. The zero-order chi connectivity index (χ0) is 13.1. The predicted octanol–water partition coefficient (Wildman–Crippen LogP) is 2.99. The van der Waals surface area contributed by atoms with Gasteiger partial charge in [0.05, 0.1) is 0 Å².